The highest BCUT2D eigenvalue weighted by Gasteiger charge is 2.39. The normalized spacial score (nSPS) is 11.5. The Hall–Kier alpha value is -0.880. The van der Waals surface area contributed by atoms with Crippen LogP contribution in [0.3, 0.4) is 0 Å². The Morgan fingerprint density at radius 3 is 2.40 bits per heavy atom. The average Bonchev–Trinajstić information content (AvgIpc) is 2.50. The van der Waals surface area contributed by atoms with Crippen LogP contribution in [-0.4, -0.2) is 17.7 Å². The highest BCUT2D eigenvalue weighted by atomic mass is 35.5. The van der Waals surface area contributed by atoms with Crippen molar-refractivity contribution in [2.75, 3.05) is 0 Å². The molecule has 0 aliphatic heterocycles. The van der Waals surface area contributed by atoms with Crippen molar-refractivity contribution in [3.8, 4) is 0 Å². The van der Waals surface area contributed by atoms with Crippen molar-refractivity contribution in [1.82, 2.24) is 0 Å². The van der Waals surface area contributed by atoms with Gasteiger partial charge in [0.15, 0.2) is 5.78 Å². The third-order valence-electron chi connectivity index (χ3n) is 1.53. The standard InChI is InChI=1S/C8H4ClF3O2S/c9-7-1-4(3-15-7)5(13)2-6(14)8(10,11)12/h1,3H,2H2. The van der Waals surface area contributed by atoms with E-state index in [4.69, 9.17) is 11.6 Å². The van der Waals surface area contributed by atoms with Gasteiger partial charge in [-0.1, -0.05) is 11.6 Å². The van der Waals surface area contributed by atoms with Crippen molar-refractivity contribution >= 4 is 34.5 Å². The number of hydrogen-bond acceptors (Lipinski definition) is 3. The second-order valence-corrected chi connectivity index (χ2v) is 4.20. The van der Waals surface area contributed by atoms with Crippen LogP contribution in [0.4, 0.5) is 13.2 Å². The van der Waals surface area contributed by atoms with Crippen LogP contribution < -0.4 is 0 Å². The highest BCUT2D eigenvalue weighted by Crippen LogP contribution is 2.23. The third kappa shape index (κ3) is 3.32. The van der Waals surface area contributed by atoms with Crippen molar-refractivity contribution in [3.63, 3.8) is 0 Å². The van der Waals surface area contributed by atoms with Crippen molar-refractivity contribution in [2.24, 2.45) is 0 Å². The molecule has 0 aliphatic rings. The van der Waals surface area contributed by atoms with E-state index in [1.807, 2.05) is 0 Å². The maximum Gasteiger partial charge on any atom is 0.450 e. The van der Waals surface area contributed by atoms with Gasteiger partial charge in [0.2, 0.25) is 5.78 Å². The number of carbonyl (C=O) groups excluding carboxylic acids is 2. The Bertz CT molecular complexity index is 397. The fourth-order valence-corrected chi connectivity index (χ4v) is 1.69. The molecule has 1 rings (SSSR count). The summed E-state index contributed by atoms with van der Waals surface area (Å²) in [6, 6.07) is 1.23. The maximum atomic E-state index is 11.8. The summed E-state index contributed by atoms with van der Waals surface area (Å²) < 4.78 is 35.7. The molecule has 0 aromatic carbocycles. The lowest BCUT2D eigenvalue weighted by molar-refractivity contribution is -0.170. The molecule has 82 valence electrons. The number of Topliss-reactive ketones (excluding diaryl/α,β-unsaturated/α-hetero) is 2. The van der Waals surface area contributed by atoms with E-state index in [-0.39, 0.29) is 9.90 Å². The fraction of sp³-hybridized carbons (Fsp3) is 0.250. The summed E-state index contributed by atoms with van der Waals surface area (Å²) in [6.45, 7) is 0. The van der Waals surface area contributed by atoms with Crippen LogP contribution in [0.25, 0.3) is 0 Å². The van der Waals surface area contributed by atoms with Gasteiger partial charge >= 0.3 is 6.18 Å². The van der Waals surface area contributed by atoms with Gasteiger partial charge in [0.1, 0.15) is 0 Å². The molecule has 0 unspecified atom stereocenters. The molecule has 0 radical (unpaired) electrons. The molecule has 1 aromatic heterocycles. The van der Waals surface area contributed by atoms with Gasteiger partial charge < -0.3 is 0 Å². The minimum atomic E-state index is -4.96. The minimum absolute atomic E-state index is 0.0302. The first kappa shape index (κ1) is 12.2. The van der Waals surface area contributed by atoms with Crippen molar-refractivity contribution in [3.05, 3.63) is 21.3 Å². The van der Waals surface area contributed by atoms with Crippen LogP contribution >= 0.6 is 22.9 Å². The molecule has 0 saturated heterocycles. The van der Waals surface area contributed by atoms with E-state index in [0.29, 0.717) is 0 Å². The lowest BCUT2D eigenvalue weighted by atomic mass is 10.1. The molecule has 15 heavy (non-hydrogen) atoms. The second kappa shape index (κ2) is 4.32. The zero-order valence-corrected chi connectivity index (χ0v) is 8.67. The van der Waals surface area contributed by atoms with Gasteiger partial charge in [-0.2, -0.15) is 13.2 Å². The zero-order chi connectivity index (χ0) is 11.6. The molecule has 2 nitrogen and oxygen atoms in total. The lowest BCUT2D eigenvalue weighted by Crippen LogP contribution is -2.25. The zero-order valence-electron chi connectivity index (χ0n) is 7.10. The summed E-state index contributed by atoms with van der Waals surface area (Å²) in [5.74, 6) is -2.92. The van der Waals surface area contributed by atoms with E-state index in [9.17, 15) is 22.8 Å². The Labute approximate surface area is 91.7 Å². The Morgan fingerprint density at radius 1 is 1.40 bits per heavy atom. The predicted octanol–water partition coefficient (Wildman–Crippen LogP) is 3.11. The molecule has 0 atom stereocenters. The topological polar surface area (TPSA) is 34.1 Å². The SMILES string of the molecule is O=C(CC(=O)C(F)(F)F)c1csc(Cl)c1. The first-order valence-electron chi connectivity index (χ1n) is 3.68. The van der Waals surface area contributed by atoms with Gasteiger partial charge in [-0.3, -0.25) is 9.59 Å². The molecule has 7 heteroatoms. The molecule has 0 fully saturated rings. The Kier molecular flexibility index (Phi) is 3.51. The summed E-state index contributed by atoms with van der Waals surface area (Å²) in [6.07, 6.45) is -6.13. The molecule has 0 bridgehead atoms. The van der Waals surface area contributed by atoms with Crippen molar-refractivity contribution in [1.29, 1.82) is 0 Å². The van der Waals surface area contributed by atoms with E-state index >= 15 is 0 Å². The van der Waals surface area contributed by atoms with Gasteiger partial charge in [0.25, 0.3) is 0 Å². The van der Waals surface area contributed by atoms with Gasteiger partial charge in [-0.25, -0.2) is 0 Å². The smallest absolute Gasteiger partial charge is 0.294 e. The third-order valence-corrected chi connectivity index (χ3v) is 2.62. The summed E-state index contributed by atoms with van der Waals surface area (Å²) in [7, 11) is 0. The fourth-order valence-electron chi connectivity index (χ4n) is 0.804. The van der Waals surface area contributed by atoms with Crippen LogP contribution in [-0.2, 0) is 4.79 Å². The molecule has 1 heterocycles. The number of ketones is 2. The largest absolute Gasteiger partial charge is 0.450 e. The average molecular weight is 257 g/mol. The Morgan fingerprint density at radius 2 is 2.00 bits per heavy atom. The number of hydrogen-bond donors (Lipinski definition) is 0. The van der Waals surface area contributed by atoms with Gasteiger partial charge in [-0.05, 0) is 6.07 Å². The van der Waals surface area contributed by atoms with Crippen LogP contribution in [0.5, 0.6) is 0 Å². The summed E-state index contributed by atoms with van der Waals surface area (Å²) >= 11 is 6.51. The predicted molar refractivity (Wildman–Crippen MR) is 49.3 cm³/mol. The number of rotatable bonds is 3. The summed E-state index contributed by atoms with van der Waals surface area (Å²) in [5, 5.41) is 1.31. The summed E-state index contributed by atoms with van der Waals surface area (Å²) in [5.41, 5.74) is 0.0302. The molecule has 0 amide bonds. The minimum Gasteiger partial charge on any atom is -0.294 e. The lowest BCUT2D eigenvalue weighted by Gasteiger charge is -2.02. The molecular formula is C8H4ClF3O2S. The molecular weight excluding hydrogens is 253 g/mol. The highest BCUT2D eigenvalue weighted by molar-refractivity contribution is 7.14. The maximum absolute atomic E-state index is 11.8. The van der Waals surface area contributed by atoms with E-state index in [0.717, 1.165) is 11.3 Å². The molecule has 0 aliphatic carbocycles. The summed E-state index contributed by atoms with van der Waals surface area (Å²) in [4.78, 5) is 21.6. The van der Waals surface area contributed by atoms with Gasteiger partial charge in [-0.15, -0.1) is 11.3 Å². The van der Waals surface area contributed by atoms with Crippen LogP contribution in [0.15, 0.2) is 11.4 Å². The first-order chi connectivity index (χ1) is 6.80. The van der Waals surface area contributed by atoms with E-state index in [1.54, 1.807) is 0 Å². The molecule has 0 spiro atoms. The molecule has 0 N–H and O–H groups in total. The number of thiophene rings is 1. The van der Waals surface area contributed by atoms with Crippen LogP contribution in [0.2, 0.25) is 4.34 Å². The number of carbonyl (C=O) groups is 2. The van der Waals surface area contributed by atoms with Gasteiger partial charge in [0, 0.05) is 10.9 Å². The Balaban J connectivity index is 2.69. The number of alkyl halides is 3. The van der Waals surface area contributed by atoms with E-state index in [1.165, 1.54) is 11.4 Å². The second-order valence-electron chi connectivity index (χ2n) is 2.66. The van der Waals surface area contributed by atoms with Crippen molar-refractivity contribution in [2.45, 2.75) is 12.6 Å². The quantitative estimate of drug-likeness (QED) is 0.615. The van der Waals surface area contributed by atoms with E-state index in [2.05, 4.69) is 0 Å². The van der Waals surface area contributed by atoms with Crippen LogP contribution in [0.1, 0.15) is 16.8 Å². The first-order valence-corrected chi connectivity index (χ1v) is 4.93. The molecule has 1 aromatic rings. The van der Waals surface area contributed by atoms with Gasteiger partial charge in [0.05, 0.1) is 10.8 Å². The monoisotopic (exact) mass is 256 g/mol. The number of halogens is 4. The molecule has 0 saturated carbocycles. The van der Waals surface area contributed by atoms with E-state index < -0.39 is 24.2 Å². The van der Waals surface area contributed by atoms with Crippen molar-refractivity contribution < 1.29 is 22.8 Å². The van der Waals surface area contributed by atoms with Crippen LogP contribution in [0, 0.1) is 0 Å².